The Balaban J connectivity index is 1.74. The number of carbonyl (C=O) groups is 2. The minimum absolute atomic E-state index is 0.0434. The van der Waals surface area contributed by atoms with E-state index in [2.05, 4.69) is 0 Å². The highest BCUT2D eigenvalue weighted by Crippen LogP contribution is 2.23. The van der Waals surface area contributed by atoms with E-state index in [0.29, 0.717) is 13.1 Å². The van der Waals surface area contributed by atoms with E-state index in [1.54, 1.807) is 40.2 Å². The van der Waals surface area contributed by atoms with E-state index >= 15 is 0 Å². The Morgan fingerprint density at radius 1 is 1.07 bits per heavy atom. The summed E-state index contributed by atoms with van der Waals surface area (Å²) in [5.74, 6) is -0.406. The van der Waals surface area contributed by atoms with Crippen LogP contribution in [0.15, 0.2) is 41.8 Å². The van der Waals surface area contributed by atoms with Gasteiger partial charge in [-0.15, -0.1) is 11.3 Å². The molecule has 1 fully saturated rings. The largest absolute Gasteiger partial charge is 0.332 e. The van der Waals surface area contributed by atoms with Crippen LogP contribution < -0.4 is 0 Å². The first-order chi connectivity index (χ1) is 13.5. The zero-order valence-corrected chi connectivity index (χ0v) is 17.1. The van der Waals surface area contributed by atoms with Crippen LogP contribution in [0.1, 0.15) is 49.5 Å². The number of amides is 2. The fourth-order valence-corrected chi connectivity index (χ4v) is 4.49. The quantitative estimate of drug-likeness (QED) is 0.679. The Labute approximate surface area is 170 Å². The molecule has 4 nitrogen and oxygen atoms in total. The number of rotatable bonds is 7. The van der Waals surface area contributed by atoms with Crippen molar-refractivity contribution in [2.75, 3.05) is 6.54 Å². The zero-order valence-electron chi connectivity index (χ0n) is 16.3. The van der Waals surface area contributed by atoms with Gasteiger partial charge in [-0.2, -0.15) is 0 Å². The Morgan fingerprint density at radius 2 is 1.79 bits per heavy atom. The first-order valence-electron chi connectivity index (χ1n) is 9.85. The third-order valence-electron chi connectivity index (χ3n) is 5.29. The van der Waals surface area contributed by atoms with Gasteiger partial charge in [-0.25, -0.2) is 4.39 Å². The second kappa shape index (κ2) is 9.82. The fraction of sp³-hybridized carbons (Fsp3) is 0.455. The third-order valence-corrected chi connectivity index (χ3v) is 6.15. The Hall–Kier alpha value is -2.21. The molecule has 3 rings (SSSR count). The van der Waals surface area contributed by atoms with Gasteiger partial charge in [0.05, 0.1) is 6.54 Å². The van der Waals surface area contributed by atoms with Crippen LogP contribution in [-0.4, -0.2) is 34.2 Å². The number of nitrogens with zero attached hydrogens (tertiary/aromatic N) is 2. The Kier molecular flexibility index (Phi) is 7.20. The molecule has 1 aliphatic rings. The molecule has 28 heavy (non-hydrogen) atoms. The molecular formula is C22H27FN2O2S. The lowest BCUT2D eigenvalue weighted by Gasteiger charge is -2.35. The summed E-state index contributed by atoms with van der Waals surface area (Å²) in [6.45, 7) is 2.54. The summed E-state index contributed by atoms with van der Waals surface area (Å²) in [5.41, 5.74) is 0.873. The second-order valence-electron chi connectivity index (χ2n) is 7.39. The van der Waals surface area contributed by atoms with Crippen LogP contribution in [0.4, 0.5) is 4.39 Å². The number of carbonyl (C=O) groups excluding carboxylic acids is 2. The smallest absolute Gasteiger partial charge is 0.242 e. The van der Waals surface area contributed by atoms with Crippen LogP contribution in [-0.2, 0) is 22.7 Å². The van der Waals surface area contributed by atoms with Crippen molar-refractivity contribution in [3.05, 3.63) is 58.0 Å². The first-order valence-corrected chi connectivity index (χ1v) is 10.7. The molecule has 6 heteroatoms. The summed E-state index contributed by atoms with van der Waals surface area (Å²) < 4.78 is 13.2. The molecule has 1 saturated carbocycles. The van der Waals surface area contributed by atoms with Crippen molar-refractivity contribution in [3.63, 3.8) is 0 Å². The van der Waals surface area contributed by atoms with Crippen molar-refractivity contribution in [1.29, 1.82) is 0 Å². The molecule has 0 N–H and O–H groups in total. The average Bonchev–Trinajstić information content (AvgIpc) is 3.20. The number of hydrogen-bond donors (Lipinski definition) is 0. The lowest BCUT2D eigenvalue weighted by Crippen LogP contribution is -2.47. The highest BCUT2D eigenvalue weighted by molar-refractivity contribution is 7.09. The van der Waals surface area contributed by atoms with Crippen LogP contribution in [0.2, 0.25) is 0 Å². The van der Waals surface area contributed by atoms with Crippen molar-refractivity contribution >= 4 is 23.2 Å². The molecule has 2 aromatic rings. The predicted molar refractivity (Wildman–Crippen MR) is 109 cm³/mol. The second-order valence-corrected chi connectivity index (χ2v) is 8.43. The molecule has 2 amide bonds. The van der Waals surface area contributed by atoms with Crippen LogP contribution in [0.25, 0.3) is 0 Å². The maximum absolute atomic E-state index is 13.2. The molecule has 0 aliphatic heterocycles. The maximum Gasteiger partial charge on any atom is 0.242 e. The maximum atomic E-state index is 13.2. The standard InChI is InChI=1S/C22H27FN2O2S/c1-17(26)25(20-6-3-2-4-7-20)16-22(27)24(15-21-8-5-13-28-21)14-18-9-11-19(23)12-10-18/h5,8-13,20H,2-4,6-7,14-16H2,1H3. The highest BCUT2D eigenvalue weighted by atomic mass is 32.1. The van der Waals surface area contributed by atoms with Gasteiger partial charge < -0.3 is 9.80 Å². The van der Waals surface area contributed by atoms with E-state index in [-0.39, 0.29) is 30.2 Å². The molecule has 1 aromatic heterocycles. The average molecular weight is 403 g/mol. The van der Waals surface area contributed by atoms with Crippen molar-refractivity contribution < 1.29 is 14.0 Å². The van der Waals surface area contributed by atoms with Gasteiger partial charge in [-0.3, -0.25) is 9.59 Å². The number of benzene rings is 1. The summed E-state index contributed by atoms with van der Waals surface area (Å²) in [6, 6.07) is 10.3. The molecule has 1 heterocycles. The minimum Gasteiger partial charge on any atom is -0.332 e. The van der Waals surface area contributed by atoms with Gasteiger partial charge in [0.2, 0.25) is 11.8 Å². The molecule has 0 radical (unpaired) electrons. The number of thiophene rings is 1. The van der Waals surface area contributed by atoms with E-state index in [9.17, 15) is 14.0 Å². The minimum atomic E-state index is -0.292. The predicted octanol–water partition coefficient (Wildman–Crippen LogP) is 4.60. The van der Waals surface area contributed by atoms with Crippen LogP contribution >= 0.6 is 11.3 Å². The van der Waals surface area contributed by atoms with Gasteiger partial charge in [0.25, 0.3) is 0 Å². The van der Waals surface area contributed by atoms with E-state index in [1.165, 1.54) is 18.6 Å². The molecule has 150 valence electrons. The SMILES string of the molecule is CC(=O)N(CC(=O)N(Cc1ccc(F)cc1)Cc1cccs1)C1CCCCC1. The van der Waals surface area contributed by atoms with Crippen LogP contribution in [0, 0.1) is 5.82 Å². The normalized spacial score (nSPS) is 14.6. The Morgan fingerprint density at radius 3 is 2.39 bits per heavy atom. The molecule has 0 saturated heterocycles. The number of hydrogen-bond acceptors (Lipinski definition) is 3. The highest BCUT2D eigenvalue weighted by Gasteiger charge is 2.27. The van der Waals surface area contributed by atoms with Gasteiger partial charge in [0.15, 0.2) is 0 Å². The van der Waals surface area contributed by atoms with E-state index in [1.807, 2.05) is 17.5 Å². The molecule has 0 bridgehead atoms. The molecule has 0 atom stereocenters. The summed E-state index contributed by atoms with van der Waals surface area (Å²) >= 11 is 1.60. The van der Waals surface area contributed by atoms with Gasteiger partial charge in [0, 0.05) is 24.4 Å². The van der Waals surface area contributed by atoms with Gasteiger partial charge in [0.1, 0.15) is 12.4 Å². The van der Waals surface area contributed by atoms with Crippen molar-refractivity contribution in [1.82, 2.24) is 9.80 Å². The molecule has 0 unspecified atom stereocenters. The van der Waals surface area contributed by atoms with E-state index in [0.717, 1.165) is 36.1 Å². The van der Waals surface area contributed by atoms with E-state index in [4.69, 9.17) is 0 Å². The van der Waals surface area contributed by atoms with Crippen molar-refractivity contribution in [2.24, 2.45) is 0 Å². The molecule has 0 spiro atoms. The third kappa shape index (κ3) is 5.64. The Bertz CT molecular complexity index is 770. The molecule has 1 aromatic carbocycles. The van der Waals surface area contributed by atoms with E-state index < -0.39 is 0 Å². The zero-order chi connectivity index (χ0) is 19.9. The monoisotopic (exact) mass is 402 g/mol. The topological polar surface area (TPSA) is 40.6 Å². The fourth-order valence-electron chi connectivity index (χ4n) is 3.77. The van der Waals surface area contributed by atoms with Crippen LogP contribution in [0.5, 0.6) is 0 Å². The molecule has 1 aliphatic carbocycles. The summed E-state index contributed by atoms with van der Waals surface area (Å²) in [4.78, 5) is 30.0. The summed E-state index contributed by atoms with van der Waals surface area (Å²) in [7, 11) is 0. The van der Waals surface area contributed by atoms with Gasteiger partial charge in [-0.05, 0) is 42.0 Å². The summed E-state index contributed by atoms with van der Waals surface area (Å²) in [5, 5.41) is 1.99. The first kappa shape index (κ1) is 20.5. The van der Waals surface area contributed by atoms with Gasteiger partial charge >= 0.3 is 0 Å². The molecular weight excluding hydrogens is 375 g/mol. The van der Waals surface area contributed by atoms with Crippen LogP contribution in [0.3, 0.4) is 0 Å². The van der Waals surface area contributed by atoms with Gasteiger partial charge in [-0.1, -0.05) is 37.5 Å². The lowest BCUT2D eigenvalue weighted by atomic mass is 9.94. The van der Waals surface area contributed by atoms with Crippen molar-refractivity contribution in [3.8, 4) is 0 Å². The number of halogens is 1. The van der Waals surface area contributed by atoms with Crippen molar-refractivity contribution in [2.45, 2.75) is 58.2 Å². The lowest BCUT2D eigenvalue weighted by molar-refractivity contribution is -0.142. The summed E-state index contributed by atoms with van der Waals surface area (Å²) in [6.07, 6.45) is 5.35.